The van der Waals surface area contributed by atoms with Gasteiger partial charge in [0, 0.05) is 34.3 Å². The van der Waals surface area contributed by atoms with Crippen LogP contribution in [0.3, 0.4) is 0 Å². The van der Waals surface area contributed by atoms with E-state index in [2.05, 4.69) is 19.2 Å². The Bertz CT molecular complexity index is 864. The van der Waals surface area contributed by atoms with Crippen LogP contribution >= 0.6 is 11.6 Å². The van der Waals surface area contributed by atoms with Gasteiger partial charge in [-0.05, 0) is 50.3 Å². The van der Waals surface area contributed by atoms with Crippen molar-refractivity contribution in [3.05, 3.63) is 57.4 Å². The van der Waals surface area contributed by atoms with Crippen molar-refractivity contribution in [2.45, 2.75) is 59.5 Å². The van der Waals surface area contributed by atoms with Crippen molar-refractivity contribution in [3.8, 4) is 0 Å². The van der Waals surface area contributed by atoms with Gasteiger partial charge < -0.3 is 10.1 Å². The molecule has 0 amide bonds. The number of Topliss-reactive ketones (excluding diaryl/α,β-unsaturated/α-hetero) is 1. The Balaban J connectivity index is 2.17. The highest BCUT2D eigenvalue weighted by Gasteiger charge is 2.43. The molecule has 0 bridgehead atoms. The van der Waals surface area contributed by atoms with Gasteiger partial charge in [0.05, 0.1) is 11.7 Å². The fourth-order valence-electron chi connectivity index (χ4n) is 4.00. The minimum absolute atomic E-state index is 0.0704. The molecule has 1 unspecified atom stereocenters. The fourth-order valence-corrected chi connectivity index (χ4v) is 4.20. The summed E-state index contributed by atoms with van der Waals surface area (Å²) >= 11 is 6.22. The Morgan fingerprint density at radius 3 is 2.63 bits per heavy atom. The van der Waals surface area contributed by atoms with Crippen molar-refractivity contribution in [2.24, 2.45) is 5.41 Å². The molecule has 4 nitrogen and oxygen atoms in total. The lowest BCUT2D eigenvalue weighted by molar-refractivity contribution is -0.143. The lowest BCUT2D eigenvalue weighted by Gasteiger charge is -2.39. The highest BCUT2D eigenvalue weighted by molar-refractivity contribution is 6.30. The quantitative estimate of drug-likeness (QED) is 0.750. The topological polar surface area (TPSA) is 55.4 Å². The SMILES string of the molecule is CC1=C(C(=O)OC(C)C)C(c2cccc(Cl)c2)C2=C(CC(C)(C)CC2=O)N1. The van der Waals surface area contributed by atoms with Crippen molar-refractivity contribution in [3.63, 3.8) is 0 Å². The van der Waals surface area contributed by atoms with Crippen LogP contribution in [0.1, 0.15) is 58.9 Å². The number of allylic oxidation sites excluding steroid dienone is 3. The molecule has 0 aromatic heterocycles. The molecule has 1 aromatic rings. The van der Waals surface area contributed by atoms with Crippen LogP contribution in [0.25, 0.3) is 0 Å². The maximum atomic E-state index is 13.1. The highest BCUT2D eigenvalue weighted by atomic mass is 35.5. The molecule has 0 radical (unpaired) electrons. The van der Waals surface area contributed by atoms with Crippen LogP contribution in [0.4, 0.5) is 0 Å². The largest absolute Gasteiger partial charge is 0.460 e. The van der Waals surface area contributed by atoms with Crippen molar-refractivity contribution >= 4 is 23.4 Å². The first-order valence-corrected chi connectivity index (χ1v) is 9.67. The molecule has 0 fully saturated rings. The van der Waals surface area contributed by atoms with Crippen LogP contribution in [0, 0.1) is 5.41 Å². The van der Waals surface area contributed by atoms with Crippen LogP contribution < -0.4 is 5.32 Å². The van der Waals surface area contributed by atoms with Gasteiger partial charge in [0.25, 0.3) is 0 Å². The number of halogens is 1. The normalized spacial score (nSPS) is 21.9. The number of ketones is 1. The first kappa shape index (κ1) is 19.7. The molecule has 1 aliphatic carbocycles. The Morgan fingerprint density at radius 1 is 1.30 bits per heavy atom. The predicted molar refractivity (Wildman–Crippen MR) is 106 cm³/mol. The Labute approximate surface area is 165 Å². The van der Waals surface area contributed by atoms with E-state index in [4.69, 9.17) is 16.3 Å². The van der Waals surface area contributed by atoms with Crippen molar-refractivity contribution in [1.29, 1.82) is 0 Å². The van der Waals surface area contributed by atoms with Gasteiger partial charge in [-0.15, -0.1) is 0 Å². The lowest BCUT2D eigenvalue weighted by Crippen LogP contribution is -2.39. The van der Waals surface area contributed by atoms with E-state index in [1.165, 1.54) is 0 Å². The Hall–Kier alpha value is -2.07. The zero-order valence-electron chi connectivity index (χ0n) is 16.5. The minimum atomic E-state index is -0.463. The average molecular weight is 388 g/mol. The van der Waals surface area contributed by atoms with E-state index in [-0.39, 0.29) is 17.3 Å². The van der Waals surface area contributed by atoms with Gasteiger partial charge in [-0.25, -0.2) is 4.79 Å². The zero-order valence-corrected chi connectivity index (χ0v) is 17.2. The summed E-state index contributed by atoms with van der Waals surface area (Å²) in [6.07, 6.45) is 0.972. The second kappa shape index (κ2) is 7.16. The van der Waals surface area contributed by atoms with Crippen LogP contribution in [-0.4, -0.2) is 17.9 Å². The highest BCUT2D eigenvalue weighted by Crippen LogP contribution is 2.47. The third kappa shape index (κ3) is 3.96. The van der Waals surface area contributed by atoms with Gasteiger partial charge in [-0.3, -0.25) is 4.79 Å². The number of hydrogen-bond acceptors (Lipinski definition) is 4. The molecule has 0 spiro atoms. The summed E-state index contributed by atoms with van der Waals surface area (Å²) < 4.78 is 5.49. The summed E-state index contributed by atoms with van der Waals surface area (Å²) in [4.78, 5) is 26.0. The van der Waals surface area contributed by atoms with Gasteiger partial charge in [0.2, 0.25) is 0 Å². The third-order valence-corrected chi connectivity index (χ3v) is 5.22. The molecule has 0 saturated carbocycles. The molecule has 3 rings (SSSR count). The predicted octanol–water partition coefficient (Wildman–Crippen LogP) is 4.90. The summed E-state index contributed by atoms with van der Waals surface area (Å²) in [5.74, 6) is -0.792. The number of rotatable bonds is 3. The van der Waals surface area contributed by atoms with E-state index in [1.807, 2.05) is 39.0 Å². The molecular formula is C22H26ClNO3. The molecule has 1 heterocycles. The monoisotopic (exact) mass is 387 g/mol. The Kier molecular flexibility index (Phi) is 5.22. The number of nitrogens with one attached hydrogen (secondary N) is 1. The van der Waals surface area contributed by atoms with Crippen LogP contribution in [-0.2, 0) is 14.3 Å². The standard InChI is InChI=1S/C22H26ClNO3/c1-12(2)27-21(26)18-13(3)24-16-10-22(4,5)11-17(25)20(16)19(18)14-7-6-8-15(23)9-14/h6-9,12,19,24H,10-11H2,1-5H3. The maximum absolute atomic E-state index is 13.1. The van der Waals surface area contributed by atoms with E-state index >= 15 is 0 Å². The van der Waals surface area contributed by atoms with Gasteiger partial charge in [-0.1, -0.05) is 37.6 Å². The third-order valence-electron chi connectivity index (χ3n) is 4.98. The van der Waals surface area contributed by atoms with E-state index in [0.29, 0.717) is 22.6 Å². The molecule has 144 valence electrons. The van der Waals surface area contributed by atoms with E-state index < -0.39 is 11.9 Å². The molecule has 1 aliphatic heterocycles. The molecule has 2 aliphatic rings. The van der Waals surface area contributed by atoms with Crippen LogP contribution in [0.2, 0.25) is 5.02 Å². The van der Waals surface area contributed by atoms with Gasteiger partial charge in [-0.2, -0.15) is 0 Å². The minimum Gasteiger partial charge on any atom is -0.460 e. The summed E-state index contributed by atoms with van der Waals surface area (Å²) in [5.41, 5.74) is 3.50. The van der Waals surface area contributed by atoms with Crippen molar-refractivity contribution in [2.75, 3.05) is 0 Å². The van der Waals surface area contributed by atoms with E-state index in [9.17, 15) is 9.59 Å². The Morgan fingerprint density at radius 2 is 2.00 bits per heavy atom. The summed E-state index contributed by atoms with van der Waals surface area (Å²) in [6.45, 7) is 9.68. The lowest BCUT2D eigenvalue weighted by atomic mass is 9.68. The number of hydrogen-bond donors (Lipinski definition) is 1. The fraction of sp³-hybridized carbons (Fsp3) is 0.455. The van der Waals surface area contributed by atoms with Gasteiger partial charge in [0.1, 0.15) is 0 Å². The first-order valence-electron chi connectivity index (χ1n) is 9.29. The molecule has 1 aromatic carbocycles. The smallest absolute Gasteiger partial charge is 0.337 e. The second-order valence-corrected chi connectivity index (χ2v) is 8.88. The molecule has 27 heavy (non-hydrogen) atoms. The molecule has 0 saturated heterocycles. The number of carbonyl (C=O) groups excluding carboxylic acids is 2. The summed E-state index contributed by atoms with van der Waals surface area (Å²) in [6, 6.07) is 7.37. The number of carbonyl (C=O) groups is 2. The molecule has 1 N–H and O–H groups in total. The van der Waals surface area contributed by atoms with Gasteiger partial charge in [0.15, 0.2) is 5.78 Å². The number of esters is 1. The number of benzene rings is 1. The van der Waals surface area contributed by atoms with Crippen LogP contribution in [0.15, 0.2) is 46.8 Å². The number of dihydropyridines is 1. The van der Waals surface area contributed by atoms with Crippen molar-refractivity contribution < 1.29 is 14.3 Å². The molecule has 5 heteroatoms. The zero-order chi connectivity index (χ0) is 19.9. The van der Waals surface area contributed by atoms with Gasteiger partial charge >= 0.3 is 5.97 Å². The second-order valence-electron chi connectivity index (χ2n) is 8.44. The summed E-state index contributed by atoms with van der Waals surface area (Å²) in [5, 5.41) is 3.90. The first-order chi connectivity index (χ1) is 12.6. The molecule has 1 atom stereocenters. The summed E-state index contributed by atoms with van der Waals surface area (Å²) in [7, 11) is 0. The van der Waals surface area contributed by atoms with E-state index in [0.717, 1.165) is 23.4 Å². The van der Waals surface area contributed by atoms with Crippen LogP contribution in [0.5, 0.6) is 0 Å². The average Bonchev–Trinajstić information content (AvgIpc) is 2.51. The number of ether oxygens (including phenoxy) is 1. The van der Waals surface area contributed by atoms with Crippen molar-refractivity contribution in [1.82, 2.24) is 5.32 Å². The van der Waals surface area contributed by atoms with E-state index in [1.54, 1.807) is 6.07 Å². The molecular weight excluding hydrogens is 362 g/mol. The maximum Gasteiger partial charge on any atom is 0.337 e.